The Morgan fingerprint density at radius 2 is 1.58 bits per heavy atom. The monoisotopic (exact) mass is 770 g/mol. The van der Waals surface area contributed by atoms with E-state index in [1.165, 1.54) is 24.4 Å². The molecule has 6 aromatic rings. The third-order valence-electron chi connectivity index (χ3n) is 10.2. The third-order valence-corrected chi connectivity index (χ3v) is 13.6. The van der Waals surface area contributed by atoms with Gasteiger partial charge in [-0.2, -0.15) is 0 Å². The van der Waals surface area contributed by atoms with Crippen LogP contribution in [0.5, 0.6) is 0 Å². The van der Waals surface area contributed by atoms with Crippen molar-refractivity contribution >= 4 is 53.8 Å². The maximum atomic E-state index is 14.5. The van der Waals surface area contributed by atoms with Crippen molar-refractivity contribution in [2.45, 2.75) is 69.7 Å². The van der Waals surface area contributed by atoms with Gasteiger partial charge in [0, 0.05) is 6.92 Å². The van der Waals surface area contributed by atoms with Crippen LogP contribution in [0.3, 0.4) is 0 Å². The molecule has 1 amide bonds. The fourth-order valence-electron chi connectivity index (χ4n) is 7.93. The van der Waals surface area contributed by atoms with Crippen LogP contribution >= 0.6 is 11.6 Å². The number of carbonyl (C=O) groups excluding carboxylic acids is 2. The second kappa shape index (κ2) is 14.8. The summed E-state index contributed by atoms with van der Waals surface area (Å²) >= 11 is 6.61. The Hall–Kier alpha value is -5.20. The summed E-state index contributed by atoms with van der Waals surface area (Å²) in [5.41, 5.74) is 5.86. The highest BCUT2D eigenvalue weighted by atomic mass is 35.5. The smallest absolute Gasteiger partial charge is 0.303 e. The fourth-order valence-corrected chi connectivity index (χ4v) is 11.5. The maximum absolute atomic E-state index is 14.5. The lowest BCUT2D eigenvalue weighted by Gasteiger charge is -2.41. The van der Waals surface area contributed by atoms with Gasteiger partial charge < -0.3 is 19.5 Å². The Labute approximate surface area is 326 Å². The van der Waals surface area contributed by atoms with Crippen LogP contribution in [0.15, 0.2) is 116 Å². The normalized spacial score (nSPS) is 20.4. The topological polar surface area (TPSA) is 117 Å². The number of hydrogen-bond acceptors (Lipinski definition) is 8. The Morgan fingerprint density at radius 3 is 2.27 bits per heavy atom. The van der Waals surface area contributed by atoms with E-state index < -0.39 is 44.0 Å². The molecule has 0 saturated carbocycles. The lowest BCUT2D eigenvalue weighted by molar-refractivity contribution is -0.159. The SMILES string of the molecule is CC(=O)O[C@H]1[C@@H](NC(=O)Cc2cccc3c2Cc2ccccc2-3)[C@H](COC(C)(C)C)O[C@]1(n1cnc2c(Cl)ncnc21)[Si](c1ccccc1)c1ccccc1. The van der Waals surface area contributed by atoms with Crippen LogP contribution in [0, 0.1) is 0 Å². The summed E-state index contributed by atoms with van der Waals surface area (Å²) in [4.78, 5) is 41.4. The molecule has 1 fully saturated rings. The number of imidazole rings is 1. The van der Waals surface area contributed by atoms with Crippen LogP contribution in [0.25, 0.3) is 22.3 Å². The molecular formula is C43H41ClN5O5Si. The van der Waals surface area contributed by atoms with Crippen LogP contribution in [0.2, 0.25) is 5.15 Å². The first-order valence-corrected chi connectivity index (χ1v) is 20.2. The first-order valence-electron chi connectivity index (χ1n) is 18.3. The number of amides is 1. The van der Waals surface area contributed by atoms with Crippen LogP contribution in [-0.4, -0.2) is 70.6 Å². The molecule has 1 aliphatic heterocycles. The summed E-state index contributed by atoms with van der Waals surface area (Å²) in [6, 6.07) is 33.7. The summed E-state index contributed by atoms with van der Waals surface area (Å²) in [5, 5.41) is 3.95. The van der Waals surface area contributed by atoms with E-state index in [2.05, 4.69) is 62.7 Å². The highest BCUT2D eigenvalue weighted by Gasteiger charge is 2.64. The predicted octanol–water partition coefficient (Wildman–Crippen LogP) is 5.43. The third kappa shape index (κ3) is 6.97. The Bertz CT molecular complexity index is 2330. The zero-order valence-electron chi connectivity index (χ0n) is 31.0. The van der Waals surface area contributed by atoms with Gasteiger partial charge in [0.2, 0.25) is 5.91 Å². The molecule has 1 saturated heterocycles. The quantitative estimate of drug-likeness (QED) is 0.111. The number of halogens is 1. The van der Waals surface area contributed by atoms with E-state index in [9.17, 15) is 9.59 Å². The molecule has 0 unspecified atom stereocenters. The largest absolute Gasteiger partial charge is 0.455 e. The number of carbonyl (C=O) groups is 2. The van der Waals surface area contributed by atoms with Gasteiger partial charge in [-0.1, -0.05) is 125 Å². The Kier molecular flexibility index (Phi) is 9.89. The van der Waals surface area contributed by atoms with Gasteiger partial charge in [0.15, 0.2) is 31.0 Å². The van der Waals surface area contributed by atoms with E-state index in [1.807, 2.05) is 86.0 Å². The molecule has 1 radical (unpaired) electrons. The highest BCUT2D eigenvalue weighted by molar-refractivity contribution is 6.86. The second-order valence-corrected chi connectivity index (χ2v) is 17.9. The number of rotatable bonds is 10. The van der Waals surface area contributed by atoms with Gasteiger partial charge in [-0.15, -0.1) is 0 Å². The number of hydrogen-bond donors (Lipinski definition) is 1. The predicted molar refractivity (Wildman–Crippen MR) is 213 cm³/mol. The minimum atomic E-state index is -2.19. The summed E-state index contributed by atoms with van der Waals surface area (Å²) in [7, 11) is -2.19. The minimum Gasteiger partial charge on any atom is -0.455 e. The number of benzene rings is 4. The Morgan fingerprint density at radius 1 is 0.909 bits per heavy atom. The Balaban J connectivity index is 1.29. The van der Waals surface area contributed by atoms with Crippen molar-refractivity contribution in [3.05, 3.63) is 138 Å². The molecular weight excluding hydrogens is 730 g/mol. The first-order chi connectivity index (χ1) is 26.5. The molecule has 0 spiro atoms. The summed E-state index contributed by atoms with van der Waals surface area (Å²) in [5.74, 6) is -0.770. The van der Waals surface area contributed by atoms with E-state index in [0.717, 1.165) is 33.5 Å². The number of nitrogens with zero attached hydrogens (tertiary/aromatic N) is 4. The van der Waals surface area contributed by atoms with Crippen molar-refractivity contribution in [1.82, 2.24) is 24.8 Å². The van der Waals surface area contributed by atoms with Gasteiger partial charge >= 0.3 is 5.97 Å². The maximum Gasteiger partial charge on any atom is 0.303 e. The van der Waals surface area contributed by atoms with Crippen LogP contribution in [0.4, 0.5) is 0 Å². The fraction of sp³-hybridized carbons (Fsp3) is 0.279. The number of ether oxygens (including phenoxy) is 3. The molecule has 0 bridgehead atoms. The molecule has 4 atom stereocenters. The van der Waals surface area contributed by atoms with Gasteiger partial charge in [0.1, 0.15) is 17.9 Å². The van der Waals surface area contributed by atoms with Crippen molar-refractivity contribution < 1.29 is 23.8 Å². The van der Waals surface area contributed by atoms with Crippen molar-refractivity contribution in [3.63, 3.8) is 0 Å². The van der Waals surface area contributed by atoms with E-state index in [1.54, 1.807) is 6.33 Å². The van der Waals surface area contributed by atoms with Crippen molar-refractivity contribution in [2.24, 2.45) is 0 Å². The average Bonchev–Trinajstić information content (AvgIpc) is 3.86. The second-order valence-electron chi connectivity index (χ2n) is 14.9. The molecule has 10 nitrogen and oxygen atoms in total. The van der Waals surface area contributed by atoms with Gasteiger partial charge in [-0.3, -0.25) is 14.2 Å². The highest BCUT2D eigenvalue weighted by Crippen LogP contribution is 2.43. The van der Waals surface area contributed by atoms with Crippen LogP contribution < -0.4 is 15.7 Å². The number of esters is 1. The molecule has 12 heteroatoms. The van der Waals surface area contributed by atoms with Crippen LogP contribution in [-0.2, 0) is 42.0 Å². The molecule has 1 N–H and O–H groups in total. The standard InChI is InChI=1S/C43H41ClN5O5Si/c1-27(50)53-39-37(48-36(51)23-29-15-13-21-33-32-20-12-11-14-28(32)22-34(29)33)35(24-52-42(2,3)4)54-43(39,49-26-47-38-40(44)45-25-46-41(38)49)55(30-16-7-5-8-17-30)31-18-9-6-10-19-31/h5-21,25-26,35,37,39H,22-24H2,1-4H3,(H,48,51)/t35-,37-,39-,43-/m0/s1. The molecule has 1 aliphatic carbocycles. The molecule has 3 heterocycles. The first kappa shape index (κ1) is 36.8. The van der Waals surface area contributed by atoms with E-state index in [0.29, 0.717) is 11.2 Å². The summed E-state index contributed by atoms with van der Waals surface area (Å²) in [6.45, 7) is 7.35. The summed E-state index contributed by atoms with van der Waals surface area (Å²) < 4.78 is 22.2. The van der Waals surface area contributed by atoms with Crippen LogP contribution in [0.1, 0.15) is 44.4 Å². The number of fused-ring (bicyclic) bond motifs is 4. The van der Waals surface area contributed by atoms with Crippen molar-refractivity contribution in [2.75, 3.05) is 6.61 Å². The lowest BCUT2D eigenvalue weighted by atomic mass is 9.98. The lowest BCUT2D eigenvalue weighted by Crippen LogP contribution is -2.68. The molecule has 279 valence electrons. The molecule has 8 rings (SSSR count). The van der Waals surface area contributed by atoms with E-state index in [-0.39, 0.29) is 24.1 Å². The molecule has 2 aromatic heterocycles. The van der Waals surface area contributed by atoms with Crippen molar-refractivity contribution in [3.8, 4) is 11.1 Å². The van der Waals surface area contributed by atoms with Crippen molar-refractivity contribution in [1.29, 1.82) is 0 Å². The van der Waals surface area contributed by atoms with Gasteiger partial charge in [0.25, 0.3) is 0 Å². The zero-order chi connectivity index (χ0) is 38.3. The van der Waals surface area contributed by atoms with Gasteiger partial charge in [-0.05, 0) is 55.0 Å². The molecule has 4 aromatic carbocycles. The van der Waals surface area contributed by atoms with Gasteiger partial charge in [-0.25, -0.2) is 15.0 Å². The molecule has 2 aliphatic rings. The van der Waals surface area contributed by atoms with Gasteiger partial charge in [0.05, 0.1) is 31.0 Å². The zero-order valence-corrected chi connectivity index (χ0v) is 32.8. The van der Waals surface area contributed by atoms with E-state index in [4.69, 9.17) is 25.8 Å². The minimum absolute atomic E-state index is 0.0884. The average molecular weight is 771 g/mol. The number of nitrogens with one attached hydrogen (secondary N) is 1. The molecule has 55 heavy (non-hydrogen) atoms. The van der Waals surface area contributed by atoms with E-state index >= 15 is 0 Å². The summed E-state index contributed by atoms with van der Waals surface area (Å²) in [6.07, 6.45) is 2.01. The number of aromatic nitrogens is 4.